The van der Waals surface area contributed by atoms with E-state index in [2.05, 4.69) is 4.98 Å². The van der Waals surface area contributed by atoms with E-state index in [-0.39, 0.29) is 12.1 Å². The minimum atomic E-state index is -0.469. The van der Waals surface area contributed by atoms with Gasteiger partial charge in [0.05, 0.1) is 43.0 Å². The van der Waals surface area contributed by atoms with Crippen molar-refractivity contribution in [2.24, 2.45) is 0 Å². The van der Waals surface area contributed by atoms with Gasteiger partial charge in [0.25, 0.3) is 5.56 Å². The topological polar surface area (TPSA) is 83.6 Å². The third kappa shape index (κ3) is 4.40. The van der Waals surface area contributed by atoms with Gasteiger partial charge in [-0.2, -0.15) is 0 Å². The number of thioether (sulfide) groups is 1. The minimum absolute atomic E-state index is 0.188. The second-order valence-corrected chi connectivity index (χ2v) is 6.70. The third-order valence-electron chi connectivity index (χ3n) is 3.90. The summed E-state index contributed by atoms with van der Waals surface area (Å²) in [6.07, 6.45) is 1.57. The average Bonchev–Trinajstić information content (AvgIpc) is 3.20. The molecule has 0 aliphatic rings. The molecule has 8 heteroatoms. The van der Waals surface area contributed by atoms with Gasteiger partial charge in [-0.05, 0) is 37.3 Å². The maximum atomic E-state index is 13.0. The summed E-state index contributed by atoms with van der Waals surface area (Å²) in [6.45, 7) is 3.40. The van der Waals surface area contributed by atoms with Gasteiger partial charge in [-0.1, -0.05) is 11.8 Å². The van der Waals surface area contributed by atoms with Crippen LogP contribution in [-0.4, -0.2) is 41.6 Å². The molecule has 1 aromatic carbocycles. The van der Waals surface area contributed by atoms with E-state index in [0.717, 1.165) is 0 Å². The van der Waals surface area contributed by atoms with Crippen LogP contribution in [0.1, 0.15) is 23.0 Å². The number of esters is 1. The van der Waals surface area contributed by atoms with Gasteiger partial charge in [-0.3, -0.25) is 9.36 Å². The van der Waals surface area contributed by atoms with Crippen LogP contribution in [0.25, 0.3) is 10.9 Å². The number of ether oxygens (including phenoxy) is 2. The molecule has 7 nitrogen and oxygen atoms in total. The van der Waals surface area contributed by atoms with Gasteiger partial charge in [0.15, 0.2) is 5.16 Å². The lowest BCUT2D eigenvalue weighted by Crippen LogP contribution is -2.24. The van der Waals surface area contributed by atoms with Gasteiger partial charge >= 0.3 is 5.97 Å². The Labute approximate surface area is 160 Å². The number of fused-ring (bicyclic) bond motifs is 1. The van der Waals surface area contributed by atoms with Crippen LogP contribution in [0.2, 0.25) is 0 Å². The van der Waals surface area contributed by atoms with E-state index in [1.807, 2.05) is 13.0 Å². The zero-order valence-electron chi connectivity index (χ0n) is 15.1. The van der Waals surface area contributed by atoms with Gasteiger partial charge in [0.2, 0.25) is 0 Å². The molecule has 0 amide bonds. The quantitative estimate of drug-likeness (QED) is 0.254. The summed E-state index contributed by atoms with van der Waals surface area (Å²) < 4.78 is 17.1. The number of hydrogen-bond acceptors (Lipinski definition) is 7. The maximum absolute atomic E-state index is 13.0. The van der Waals surface area contributed by atoms with E-state index >= 15 is 0 Å². The lowest BCUT2D eigenvalue weighted by Gasteiger charge is -2.12. The summed E-state index contributed by atoms with van der Waals surface area (Å²) in [5.74, 6) is 0.848. The largest absolute Gasteiger partial charge is 0.467 e. The molecule has 0 aliphatic heterocycles. The first-order chi connectivity index (χ1) is 13.1. The van der Waals surface area contributed by atoms with Crippen molar-refractivity contribution in [1.82, 2.24) is 9.55 Å². The first kappa shape index (κ1) is 19.2. The Morgan fingerprint density at radius 2 is 2.19 bits per heavy atom. The molecule has 0 spiro atoms. The first-order valence-corrected chi connectivity index (χ1v) is 9.48. The Bertz CT molecular complexity index is 982. The highest BCUT2D eigenvalue weighted by molar-refractivity contribution is 7.99. The highest BCUT2D eigenvalue weighted by Gasteiger charge is 2.15. The van der Waals surface area contributed by atoms with Crippen molar-refractivity contribution < 1.29 is 18.7 Å². The van der Waals surface area contributed by atoms with Gasteiger partial charge in [-0.15, -0.1) is 0 Å². The summed E-state index contributed by atoms with van der Waals surface area (Å²) in [7, 11) is 1.32. The second-order valence-electron chi connectivity index (χ2n) is 5.63. The average molecular weight is 388 g/mol. The molecule has 0 fully saturated rings. The number of benzene rings is 1. The fourth-order valence-corrected chi connectivity index (χ4v) is 3.44. The summed E-state index contributed by atoms with van der Waals surface area (Å²) >= 11 is 1.43. The summed E-state index contributed by atoms with van der Waals surface area (Å²) in [6, 6.07) is 8.33. The van der Waals surface area contributed by atoms with Crippen molar-refractivity contribution in [3.8, 4) is 0 Å². The molecule has 0 bridgehead atoms. The Kier molecular flexibility index (Phi) is 6.31. The van der Waals surface area contributed by atoms with Crippen LogP contribution < -0.4 is 5.56 Å². The van der Waals surface area contributed by atoms with Crippen molar-refractivity contribution in [1.29, 1.82) is 0 Å². The second kappa shape index (κ2) is 8.88. The molecule has 2 heterocycles. The van der Waals surface area contributed by atoms with Crippen LogP contribution in [0.3, 0.4) is 0 Å². The molecule has 27 heavy (non-hydrogen) atoms. The van der Waals surface area contributed by atoms with Gasteiger partial charge in [0.1, 0.15) is 5.76 Å². The van der Waals surface area contributed by atoms with Crippen LogP contribution in [-0.2, 0) is 16.0 Å². The molecule has 0 N–H and O–H groups in total. The zero-order chi connectivity index (χ0) is 19.2. The Balaban J connectivity index is 2.04. The molecule has 0 atom stereocenters. The fourth-order valence-electron chi connectivity index (χ4n) is 2.59. The summed E-state index contributed by atoms with van der Waals surface area (Å²) in [5.41, 5.74) is 0.621. The van der Waals surface area contributed by atoms with E-state index < -0.39 is 5.97 Å². The fraction of sp³-hybridized carbons (Fsp3) is 0.316. The van der Waals surface area contributed by atoms with Crippen LogP contribution in [0, 0.1) is 0 Å². The SMILES string of the molecule is CCOCCSc1nc2cc(C(=O)OC)ccc2c(=O)n1Cc1ccco1. The van der Waals surface area contributed by atoms with E-state index in [4.69, 9.17) is 13.9 Å². The number of rotatable bonds is 8. The van der Waals surface area contributed by atoms with Crippen molar-refractivity contribution in [2.45, 2.75) is 18.6 Å². The number of carbonyl (C=O) groups is 1. The van der Waals surface area contributed by atoms with E-state index in [1.54, 1.807) is 35.1 Å². The standard InChI is InChI=1S/C19H20N2O5S/c1-3-25-9-10-27-19-20-16-11-13(18(23)24-2)6-7-15(16)17(22)21(19)12-14-5-4-8-26-14/h4-8,11H,3,9-10,12H2,1-2H3. The van der Waals surface area contributed by atoms with Gasteiger partial charge in [-0.25, -0.2) is 9.78 Å². The van der Waals surface area contributed by atoms with E-state index in [0.29, 0.717) is 46.3 Å². The number of aromatic nitrogens is 2. The van der Waals surface area contributed by atoms with E-state index in [1.165, 1.54) is 18.9 Å². The predicted molar refractivity (Wildman–Crippen MR) is 102 cm³/mol. The summed E-state index contributed by atoms with van der Waals surface area (Å²) in [5, 5.41) is 0.981. The Morgan fingerprint density at radius 3 is 2.89 bits per heavy atom. The number of nitrogens with zero attached hydrogens (tertiary/aromatic N) is 2. The molecule has 3 rings (SSSR count). The van der Waals surface area contributed by atoms with Crippen LogP contribution >= 0.6 is 11.8 Å². The smallest absolute Gasteiger partial charge is 0.337 e. The molecule has 3 aromatic rings. The highest BCUT2D eigenvalue weighted by Crippen LogP contribution is 2.20. The minimum Gasteiger partial charge on any atom is -0.467 e. The molecule has 0 saturated heterocycles. The number of methoxy groups -OCH3 is 1. The molecule has 0 saturated carbocycles. The molecular formula is C19H20N2O5S. The lowest BCUT2D eigenvalue weighted by molar-refractivity contribution is 0.0601. The number of carbonyl (C=O) groups excluding carboxylic acids is 1. The van der Waals surface area contributed by atoms with Crippen molar-refractivity contribution in [2.75, 3.05) is 26.1 Å². The van der Waals surface area contributed by atoms with Crippen molar-refractivity contribution in [3.63, 3.8) is 0 Å². The monoisotopic (exact) mass is 388 g/mol. The predicted octanol–water partition coefficient (Wildman–Crippen LogP) is 2.95. The maximum Gasteiger partial charge on any atom is 0.337 e. The normalized spacial score (nSPS) is 11.0. The number of furan rings is 1. The summed E-state index contributed by atoms with van der Waals surface area (Å²) in [4.78, 5) is 29.4. The van der Waals surface area contributed by atoms with Gasteiger partial charge < -0.3 is 13.9 Å². The van der Waals surface area contributed by atoms with Crippen molar-refractivity contribution in [3.05, 3.63) is 58.3 Å². The van der Waals surface area contributed by atoms with Crippen LogP contribution in [0.5, 0.6) is 0 Å². The third-order valence-corrected chi connectivity index (χ3v) is 4.84. The lowest BCUT2D eigenvalue weighted by atomic mass is 10.1. The van der Waals surface area contributed by atoms with Crippen molar-refractivity contribution >= 4 is 28.6 Å². The van der Waals surface area contributed by atoms with Crippen LogP contribution in [0.4, 0.5) is 0 Å². The molecule has 0 unspecified atom stereocenters. The zero-order valence-corrected chi connectivity index (χ0v) is 16.0. The molecule has 0 aliphatic carbocycles. The van der Waals surface area contributed by atoms with Crippen LogP contribution in [0.15, 0.2) is 51.0 Å². The molecule has 2 aromatic heterocycles. The van der Waals surface area contributed by atoms with Gasteiger partial charge in [0, 0.05) is 12.4 Å². The Hall–Kier alpha value is -2.58. The highest BCUT2D eigenvalue weighted by atomic mass is 32.2. The van der Waals surface area contributed by atoms with E-state index in [9.17, 15) is 9.59 Å². The first-order valence-electron chi connectivity index (χ1n) is 8.50. The molecular weight excluding hydrogens is 368 g/mol. The molecule has 142 valence electrons. The molecule has 0 radical (unpaired) electrons. The number of hydrogen-bond donors (Lipinski definition) is 0. The Morgan fingerprint density at radius 1 is 1.33 bits per heavy atom.